The van der Waals surface area contributed by atoms with Gasteiger partial charge in [-0.15, -0.1) is 0 Å². The first kappa shape index (κ1) is 29.5. The fourth-order valence-corrected chi connectivity index (χ4v) is 6.64. The zero-order valence-corrected chi connectivity index (χ0v) is 28.3. The van der Waals surface area contributed by atoms with E-state index in [4.69, 9.17) is 9.47 Å². The van der Waals surface area contributed by atoms with Crippen LogP contribution in [-0.2, 0) is 6.42 Å². The summed E-state index contributed by atoms with van der Waals surface area (Å²) in [5.41, 5.74) is 5.74. The van der Waals surface area contributed by atoms with Crippen LogP contribution in [0, 0.1) is 3.57 Å². The minimum absolute atomic E-state index is 0.871. The molecule has 0 fully saturated rings. The Hall–Kier alpha value is -3.59. The molecule has 0 aliphatic carbocycles. The third kappa shape index (κ3) is 7.15. The minimum atomic E-state index is 0.871. The standard InChI is InChI=1S/C18H12BrNO.C13H10O.C6H4BrI/c19-13-6-5-7-14(12-13)20-15-8-1-3-10-17(15)21-18-11-4-2-9-16(18)20;1-3-7-12-10(5-1)9-11-6-2-4-8-13(11)14-12;7-5-2-1-3-6(8)4-5/h1-12H;1-8H,9H2;1-4H. The molecule has 0 spiro atoms. The molecule has 0 bridgehead atoms. The molecule has 0 radical (unpaired) electrons. The van der Waals surface area contributed by atoms with Gasteiger partial charge in [0, 0.05) is 24.6 Å². The third-order valence-electron chi connectivity index (χ3n) is 6.83. The summed E-state index contributed by atoms with van der Waals surface area (Å²) in [6.45, 7) is 0. The Morgan fingerprint density at radius 2 is 0.953 bits per heavy atom. The molecule has 0 saturated heterocycles. The summed E-state index contributed by atoms with van der Waals surface area (Å²) in [5.74, 6) is 3.73. The number of para-hydroxylation sites is 6. The number of ether oxygens (including phenoxy) is 2. The molecule has 8 rings (SSSR count). The Labute approximate surface area is 282 Å². The molecule has 0 atom stereocenters. The molecule has 6 heteroatoms. The summed E-state index contributed by atoms with van der Waals surface area (Å²) in [6.07, 6.45) is 0.979. The van der Waals surface area contributed by atoms with Gasteiger partial charge in [0.05, 0.1) is 11.4 Å². The van der Waals surface area contributed by atoms with Crippen LogP contribution in [0.25, 0.3) is 0 Å². The van der Waals surface area contributed by atoms with Crippen LogP contribution in [0.1, 0.15) is 11.1 Å². The first-order valence-electron chi connectivity index (χ1n) is 13.7. The first-order valence-corrected chi connectivity index (χ1v) is 16.4. The number of nitrogens with zero attached hydrogens (tertiary/aromatic N) is 1. The van der Waals surface area contributed by atoms with E-state index in [0.29, 0.717) is 0 Å². The third-order valence-corrected chi connectivity index (χ3v) is 8.49. The Bertz CT molecular complexity index is 1730. The summed E-state index contributed by atoms with van der Waals surface area (Å²) in [6, 6.07) is 49.0. The quantitative estimate of drug-likeness (QED) is 0.154. The van der Waals surface area contributed by atoms with Crippen molar-refractivity contribution >= 4 is 71.5 Å². The Kier molecular flexibility index (Phi) is 9.46. The summed E-state index contributed by atoms with van der Waals surface area (Å²) in [5, 5.41) is 0. The van der Waals surface area contributed by atoms with E-state index in [2.05, 4.69) is 120 Å². The second-order valence-corrected chi connectivity index (χ2v) is 12.9. The van der Waals surface area contributed by atoms with Crippen molar-refractivity contribution in [1.29, 1.82) is 0 Å². The van der Waals surface area contributed by atoms with Crippen LogP contribution in [0.5, 0.6) is 23.0 Å². The van der Waals surface area contributed by atoms with Gasteiger partial charge in [-0.3, -0.25) is 0 Å². The summed E-state index contributed by atoms with van der Waals surface area (Å²) in [7, 11) is 0. The van der Waals surface area contributed by atoms with Gasteiger partial charge in [-0.05, 0) is 107 Å². The number of hydrogen-bond acceptors (Lipinski definition) is 3. The van der Waals surface area contributed by atoms with Gasteiger partial charge < -0.3 is 14.4 Å². The van der Waals surface area contributed by atoms with E-state index >= 15 is 0 Å². The van der Waals surface area contributed by atoms with Crippen LogP contribution in [0.15, 0.2) is 155 Å². The lowest BCUT2D eigenvalue weighted by atomic mass is 10.0. The lowest BCUT2D eigenvalue weighted by Gasteiger charge is -2.32. The summed E-state index contributed by atoms with van der Waals surface area (Å²) < 4.78 is 15.2. The zero-order valence-electron chi connectivity index (χ0n) is 23.0. The molecule has 0 unspecified atom stereocenters. The second kappa shape index (κ2) is 13.8. The lowest BCUT2D eigenvalue weighted by Crippen LogP contribution is -2.15. The van der Waals surface area contributed by atoms with Crippen molar-refractivity contribution in [3.8, 4) is 23.0 Å². The topological polar surface area (TPSA) is 21.7 Å². The SMILES string of the molecule is Brc1cccc(I)c1.Brc1cccc(N2c3ccccc3Oc3ccccc32)c1.c1ccc2c(c1)Cc1ccccc1O2. The summed E-state index contributed by atoms with van der Waals surface area (Å²) in [4.78, 5) is 2.22. The van der Waals surface area contributed by atoms with Crippen molar-refractivity contribution < 1.29 is 9.47 Å². The van der Waals surface area contributed by atoms with Crippen molar-refractivity contribution in [3.05, 3.63) is 169 Å². The van der Waals surface area contributed by atoms with Crippen LogP contribution in [0.3, 0.4) is 0 Å². The number of halogens is 3. The van der Waals surface area contributed by atoms with E-state index < -0.39 is 0 Å². The average molecular weight is 803 g/mol. The maximum atomic E-state index is 6.01. The van der Waals surface area contributed by atoms with Gasteiger partial charge in [-0.25, -0.2) is 0 Å². The molecular weight excluding hydrogens is 777 g/mol. The van der Waals surface area contributed by atoms with Crippen molar-refractivity contribution in [3.63, 3.8) is 0 Å². The molecule has 43 heavy (non-hydrogen) atoms. The van der Waals surface area contributed by atoms with E-state index in [1.807, 2.05) is 84.9 Å². The molecule has 3 nitrogen and oxygen atoms in total. The predicted molar refractivity (Wildman–Crippen MR) is 192 cm³/mol. The second-order valence-electron chi connectivity index (χ2n) is 9.79. The van der Waals surface area contributed by atoms with Gasteiger partial charge in [0.2, 0.25) is 0 Å². The molecule has 212 valence electrons. The molecule has 0 amide bonds. The zero-order chi connectivity index (χ0) is 29.6. The van der Waals surface area contributed by atoms with E-state index in [-0.39, 0.29) is 0 Å². The van der Waals surface area contributed by atoms with Crippen molar-refractivity contribution in [2.45, 2.75) is 6.42 Å². The van der Waals surface area contributed by atoms with Gasteiger partial charge in [0.25, 0.3) is 0 Å². The van der Waals surface area contributed by atoms with Crippen LogP contribution in [0.4, 0.5) is 17.1 Å². The van der Waals surface area contributed by atoms with E-state index in [1.165, 1.54) is 14.7 Å². The van der Waals surface area contributed by atoms with E-state index in [0.717, 1.165) is 55.4 Å². The molecule has 2 heterocycles. The highest BCUT2D eigenvalue weighted by Crippen LogP contribution is 2.50. The van der Waals surface area contributed by atoms with Crippen LogP contribution >= 0.6 is 54.5 Å². The highest BCUT2D eigenvalue weighted by molar-refractivity contribution is 14.1. The van der Waals surface area contributed by atoms with Crippen molar-refractivity contribution in [2.24, 2.45) is 0 Å². The molecule has 2 aliphatic heterocycles. The molecule has 6 aromatic carbocycles. The maximum absolute atomic E-state index is 6.01. The number of anilines is 3. The predicted octanol–water partition coefficient (Wildman–Crippen LogP) is 12.5. The smallest absolute Gasteiger partial charge is 0.151 e. The monoisotopic (exact) mass is 801 g/mol. The Morgan fingerprint density at radius 1 is 0.488 bits per heavy atom. The highest BCUT2D eigenvalue weighted by Gasteiger charge is 2.25. The first-order chi connectivity index (χ1) is 21.0. The molecular formula is C37H26Br2INO2. The Balaban J connectivity index is 0.000000128. The Morgan fingerprint density at radius 3 is 1.47 bits per heavy atom. The van der Waals surface area contributed by atoms with Crippen molar-refractivity contribution in [1.82, 2.24) is 0 Å². The number of fused-ring (bicyclic) bond motifs is 4. The van der Waals surface area contributed by atoms with E-state index in [9.17, 15) is 0 Å². The molecule has 0 N–H and O–H groups in total. The van der Waals surface area contributed by atoms with Crippen LogP contribution in [-0.4, -0.2) is 0 Å². The molecule has 0 saturated carbocycles. The highest BCUT2D eigenvalue weighted by atomic mass is 127. The van der Waals surface area contributed by atoms with E-state index in [1.54, 1.807) is 0 Å². The van der Waals surface area contributed by atoms with Crippen LogP contribution < -0.4 is 14.4 Å². The van der Waals surface area contributed by atoms with Gasteiger partial charge >= 0.3 is 0 Å². The molecule has 2 aliphatic rings. The maximum Gasteiger partial charge on any atom is 0.151 e. The number of benzene rings is 6. The number of rotatable bonds is 1. The number of hydrogen-bond donors (Lipinski definition) is 0. The van der Waals surface area contributed by atoms with Gasteiger partial charge in [0.15, 0.2) is 11.5 Å². The van der Waals surface area contributed by atoms with Gasteiger partial charge in [0.1, 0.15) is 11.5 Å². The summed E-state index contributed by atoms with van der Waals surface area (Å²) >= 11 is 9.18. The lowest BCUT2D eigenvalue weighted by molar-refractivity contribution is 0.460. The largest absolute Gasteiger partial charge is 0.457 e. The van der Waals surface area contributed by atoms with Crippen LogP contribution in [0.2, 0.25) is 0 Å². The van der Waals surface area contributed by atoms with Crippen molar-refractivity contribution in [2.75, 3.05) is 4.90 Å². The molecule has 0 aromatic heterocycles. The minimum Gasteiger partial charge on any atom is -0.457 e. The fraction of sp³-hybridized carbons (Fsp3) is 0.0270. The average Bonchev–Trinajstić information content (AvgIpc) is 3.03. The fourth-order valence-electron chi connectivity index (χ4n) is 4.88. The molecule has 6 aromatic rings. The van der Waals surface area contributed by atoms with Gasteiger partial charge in [-0.1, -0.05) is 105 Å². The normalized spacial score (nSPS) is 11.8. The van der Waals surface area contributed by atoms with Gasteiger partial charge in [-0.2, -0.15) is 0 Å².